The Morgan fingerprint density at radius 3 is 1.68 bits per heavy atom. The van der Waals surface area contributed by atoms with Crippen LogP contribution < -0.4 is 0 Å². The lowest BCUT2D eigenvalue weighted by molar-refractivity contribution is -0.140. The Kier molecular flexibility index (Phi) is 17.6. The summed E-state index contributed by atoms with van der Waals surface area (Å²) in [6.07, 6.45) is 23.5. The molecule has 0 spiro atoms. The van der Waals surface area contributed by atoms with Crippen molar-refractivity contribution >= 4 is 5.97 Å². The lowest BCUT2D eigenvalue weighted by Gasteiger charge is -2.01. The van der Waals surface area contributed by atoms with E-state index in [0.717, 1.165) is 12.8 Å². The number of unbranched alkanes of at least 4 members (excludes halogenated alkanes) is 12. The molecule has 130 valence electrons. The summed E-state index contributed by atoms with van der Waals surface area (Å²) in [4.78, 5) is 10.9. The second kappa shape index (κ2) is 18.3. The van der Waals surface area contributed by atoms with Gasteiger partial charge in [0, 0.05) is 6.42 Å². The molecule has 0 atom stereocenters. The fraction of sp³-hybridized carbons (Fsp3) is 0.850. The van der Waals surface area contributed by atoms with Gasteiger partial charge in [0.1, 0.15) is 0 Å². The first-order chi connectivity index (χ1) is 10.8. The summed E-state index contributed by atoms with van der Waals surface area (Å²) in [6.45, 7) is 2.26. The van der Waals surface area contributed by atoms with Gasteiger partial charge in [0.25, 0.3) is 0 Å². The van der Waals surface area contributed by atoms with Gasteiger partial charge in [-0.1, -0.05) is 76.9 Å². The first-order valence-electron chi connectivity index (χ1n) is 9.53. The van der Waals surface area contributed by atoms with Crippen molar-refractivity contribution in [3.8, 4) is 0 Å². The Morgan fingerprint density at radius 2 is 1.18 bits per heavy atom. The number of carbonyl (C=O) groups excluding carboxylic acids is 1. The van der Waals surface area contributed by atoms with Crippen LogP contribution in [0.5, 0.6) is 0 Å². The van der Waals surface area contributed by atoms with E-state index in [9.17, 15) is 4.79 Å². The number of ether oxygens (including phenoxy) is 1. The van der Waals surface area contributed by atoms with Crippen LogP contribution in [0.3, 0.4) is 0 Å². The number of esters is 1. The van der Waals surface area contributed by atoms with Crippen molar-refractivity contribution in [2.45, 2.75) is 103 Å². The summed E-state index contributed by atoms with van der Waals surface area (Å²) in [7, 11) is 1.46. The van der Waals surface area contributed by atoms with Crippen LogP contribution in [0.1, 0.15) is 103 Å². The minimum atomic E-state index is -0.0709. The second-order valence-corrected chi connectivity index (χ2v) is 6.26. The minimum Gasteiger partial charge on any atom is -0.469 e. The summed E-state index contributed by atoms with van der Waals surface area (Å²) in [5.74, 6) is -0.0709. The Balaban J connectivity index is 3.08. The van der Waals surface area contributed by atoms with Crippen LogP contribution in [0.25, 0.3) is 0 Å². The third-order valence-electron chi connectivity index (χ3n) is 4.12. The topological polar surface area (TPSA) is 26.3 Å². The molecule has 0 aliphatic rings. The number of hydrogen-bond acceptors (Lipinski definition) is 2. The molecule has 0 fully saturated rings. The van der Waals surface area contributed by atoms with Gasteiger partial charge in [-0.25, -0.2) is 0 Å². The highest BCUT2D eigenvalue weighted by Gasteiger charge is 1.98. The minimum absolute atomic E-state index is 0.0709. The smallest absolute Gasteiger partial charge is 0.305 e. The number of hydrogen-bond donors (Lipinski definition) is 0. The molecule has 2 heteroatoms. The molecule has 0 aromatic carbocycles. The number of rotatable bonds is 16. The van der Waals surface area contributed by atoms with Crippen LogP contribution in [0.2, 0.25) is 0 Å². The van der Waals surface area contributed by atoms with Crippen molar-refractivity contribution in [3.63, 3.8) is 0 Å². The molecule has 0 aromatic heterocycles. The summed E-state index contributed by atoms with van der Waals surface area (Å²) < 4.78 is 4.63. The summed E-state index contributed by atoms with van der Waals surface area (Å²) in [5.41, 5.74) is 0. The zero-order valence-electron chi connectivity index (χ0n) is 15.1. The monoisotopic (exact) mass is 310 g/mol. The van der Waals surface area contributed by atoms with Crippen molar-refractivity contribution < 1.29 is 9.53 Å². The molecule has 0 heterocycles. The first-order valence-corrected chi connectivity index (χ1v) is 9.53. The van der Waals surface area contributed by atoms with Crippen molar-refractivity contribution in [2.75, 3.05) is 7.11 Å². The van der Waals surface area contributed by atoms with Crippen LogP contribution in [0, 0.1) is 0 Å². The van der Waals surface area contributed by atoms with E-state index in [1.807, 2.05) is 0 Å². The average Bonchev–Trinajstić information content (AvgIpc) is 2.54. The van der Waals surface area contributed by atoms with Gasteiger partial charge < -0.3 is 4.74 Å². The van der Waals surface area contributed by atoms with Crippen LogP contribution in [0.15, 0.2) is 12.2 Å². The fourth-order valence-electron chi connectivity index (χ4n) is 2.62. The van der Waals surface area contributed by atoms with Gasteiger partial charge in [-0.2, -0.15) is 0 Å². The van der Waals surface area contributed by atoms with Gasteiger partial charge in [0.2, 0.25) is 0 Å². The zero-order chi connectivity index (χ0) is 16.3. The highest BCUT2D eigenvalue weighted by Crippen LogP contribution is 2.11. The molecule has 0 unspecified atom stereocenters. The molecular weight excluding hydrogens is 272 g/mol. The van der Waals surface area contributed by atoms with E-state index in [1.54, 1.807) is 0 Å². The predicted octanol–water partition coefficient (Wildman–Crippen LogP) is 6.59. The van der Waals surface area contributed by atoms with Crippen LogP contribution in [-0.2, 0) is 9.53 Å². The molecule has 22 heavy (non-hydrogen) atoms. The van der Waals surface area contributed by atoms with E-state index >= 15 is 0 Å². The van der Waals surface area contributed by atoms with Gasteiger partial charge in [-0.3, -0.25) is 4.79 Å². The Bertz CT molecular complexity index is 258. The molecule has 0 aliphatic heterocycles. The van der Waals surface area contributed by atoms with Gasteiger partial charge in [-0.05, 0) is 32.1 Å². The molecule has 0 saturated heterocycles. The molecule has 0 aliphatic carbocycles. The van der Waals surface area contributed by atoms with Crippen molar-refractivity contribution in [2.24, 2.45) is 0 Å². The maximum Gasteiger partial charge on any atom is 0.305 e. The van der Waals surface area contributed by atoms with Gasteiger partial charge in [0.15, 0.2) is 0 Å². The molecule has 0 rings (SSSR count). The highest BCUT2D eigenvalue weighted by atomic mass is 16.5. The standard InChI is InChI=1S/C20H38O2/c1-3-4-5-6-7-8-9-10-11-12-13-14-15-16-17-18-19-20(21)22-2/h8-9H,3-7,10-19H2,1-2H3. The Labute approximate surface area is 138 Å². The molecule has 0 bridgehead atoms. The van der Waals surface area contributed by atoms with Gasteiger partial charge in [0.05, 0.1) is 7.11 Å². The van der Waals surface area contributed by atoms with E-state index in [-0.39, 0.29) is 5.97 Å². The predicted molar refractivity (Wildman–Crippen MR) is 96.1 cm³/mol. The van der Waals surface area contributed by atoms with Crippen molar-refractivity contribution in [1.82, 2.24) is 0 Å². The molecule has 2 nitrogen and oxygen atoms in total. The van der Waals surface area contributed by atoms with Crippen LogP contribution in [-0.4, -0.2) is 13.1 Å². The molecule has 0 aromatic rings. The first kappa shape index (κ1) is 21.2. The third-order valence-corrected chi connectivity index (χ3v) is 4.12. The molecular formula is C20H38O2. The van der Waals surface area contributed by atoms with Crippen molar-refractivity contribution in [1.29, 1.82) is 0 Å². The molecule has 0 N–H and O–H groups in total. The number of methoxy groups -OCH3 is 1. The molecule has 0 radical (unpaired) electrons. The summed E-state index contributed by atoms with van der Waals surface area (Å²) in [6, 6.07) is 0. The number of allylic oxidation sites excluding steroid dienone is 2. The van der Waals surface area contributed by atoms with Crippen LogP contribution >= 0.6 is 0 Å². The van der Waals surface area contributed by atoms with E-state index in [1.165, 1.54) is 84.2 Å². The van der Waals surface area contributed by atoms with E-state index in [0.29, 0.717) is 6.42 Å². The summed E-state index contributed by atoms with van der Waals surface area (Å²) >= 11 is 0. The zero-order valence-corrected chi connectivity index (χ0v) is 15.1. The lowest BCUT2D eigenvalue weighted by atomic mass is 10.1. The maximum absolute atomic E-state index is 10.9. The van der Waals surface area contributed by atoms with E-state index in [4.69, 9.17) is 0 Å². The summed E-state index contributed by atoms with van der Waals surface area (Å²) in [5, 5.41) is 0. The second-order valence-electron chi connectivity index (χ2n) is 6.26. The molecule has 0 amide bonds. The highest BCUT2D eigenvalue weighted by molar-refractivity contribution is 5.68. The van der Waals surface area contributed by atoms with E-state index in [2.05, 4.69) is 23.8 Å². The number of carbonyl (C=O) groups is 1. The van der Waals surface area contributed by atoms with Gasteiger partial charge >= 0.3 is 5.97 Å². The van der Waals surface area contributed by atoms with E-state index < -0.39 is 0 Å². The maximum atomic E-state index is 10.9. The van der Waals surface area contributed by atoms with Crippen molar-refractivity contribution in [3.05, 3.63) is 12.2 Å². The molecule has 0 saturated carbocycles. The SMILES string of the molecule is CCCCCCC=CCCCCCCCCCCC(=O)OC. The third kappa shape index (κ3) is 17.3. The quantitative estimate of drug-likeness (QED) is 0.183. The Hall–Kier alpha value is -0.790. The normalized spacial score (nSPS) is 11.2. The van der Waals surface area contributed by atoms with Gasteiger partial charge in [-0.15, -0.1) is 0 Å². The largest absolute Gasteiger partial charge is 0.469 e. The fourth-order valence-corrected chi connectivity index (χ4v) is 2.62. The average molecular weight is 311 g/mol. The lowest BCUT2D eigenvalue weighted by Crippen LogP contribution is -1.99. The van der Waals surface area contributed by atoms with Crippen LogP contribution in [0.4, 0.5) is 0 Å². The Morgan fingerprint density at radius 1 is 0.727 bits per heavy atom.